The monoisotopic (exact) mass is 461 g/mol. The van der Waals surface area contributed by atoms with E-state index in [1.165, 1.54) is 0 Å². The summed E-state index contributed by atoms with van der Waals surface area (Å²) in [5, 5.41) is 23.9. The van der Waals surface area contributed by atoms with Crippen molar-refractivity contribution < 1.29 is 14.7 Å². The van der Waals surface area contributed by atoms with Crippen LogP contribution in [-0.4, -0.2) is 49.1 Å². The molecule has 0 atom stereocenters. The highest BCUT2D eigenvalue weighted by atomic mass is 16.4. The van der Waals surface area contributed by atoms with Crippen molar-refractivity contribution in [3.63, 3.8) is 0 Å². The Balaban J connectivity index is 1.56. The van der Waals surface area contributed by atoms with Crippen LogP contribution >= 0.6 is 0 Å². The molecule has 178 valence electrons. The topological polar surface area (TPSA) is 112 Å². The molecular formula is C26H31N5O3. The molecule has 34 heavy (non-hydrogen) atoms. The van der Waals surface area contributed by atoms with Gasteiger partial charge in [0.2, 0.25) is 11.7 Å². The van der Waals surface area contributed by atoms with Gasteiger partial charge < -0.3 is 10.0 Å². The lowest BCUT2D eigenvalue weighted by molar-refractivity contribution is -0.151. The van der Waals surface area contributed by atoms with E-state index in [9.17, 15) is 14.7 Å². The number of hydrogen-bond acceptors (Lipinski definition) is 5. The number of amides is 1. The van der Waals surface area contributed by atoms with Crippen molar-refractivity contribution in [2.45, 2.75) is 58.4 Å². The van der Waals surface area contributed by atoms with Crippen molar-refractivity contribution in [3.05, 3.63) is 54.1 Å². The van der Waals surface area contributed by atoms with Crippen LogP contribution in [0.2, 0.25) is 0 Å². The molecule has 1 aromatic heterocycles. The highest BCUT2D eigenvalue weighted by Crippen LogP contribution is 2.43. The maximum absolute atomic E-state index is 13.6. The van der Waals surface area contributed by atoms with E-state index in [1.807, 2.05) is 53.4 Å². The first-order chi connectivity index (χ1) is 16.5. The van der Waals surface area contributed by atoms with Crippen LogP contribution in [0, 0.1) is 5.41 Å². The number of tetrazole rings is 1. The maximum atomic E-state index is 13.6. The lowest BCUT2D eigenvalue weighted by atomic mass is 9.81. The van der Waals surface area contributed by atoms with E-state index in [4.69, 9.17) is 0 Å². The first kappa shape index (κ1) is 23.6. The van der Waals surface area contributed by atoms with Gasteiger partial charge in [-0.25, -0.2) is 0 Å². The van der Waals surface area contributed by atoms with E-state index in [2.05, 4.69) is 27.5 Å². The quantitative estimate of drug-likeness (QED) is 0.453. The lowest BCUT2D eigenvalue weighted by Crippen LogP contribution is -2.44. The summed E-state index contributed by atoms with van der Waals surface area (Å²) in [6.45, 7) is 3.22. The molecule has 0 unspecified atom stereocenters. The maximum Gasteiger partial charge on any atom is 0.304 e. The normalized spacial score (nSPS) is 14.7. The number of carbonyl (C=O) groups excluding carboxylic acids is 1. The van der Waals surface area contributed by atoms with Crippen molar-refractivity contribution in [3.8, 4) is 22.5 Å². The minimum absolute atomic E-state index is 0.00706. The lowest BCUT2D eigenvalue weighted by Gasteiger charge is -2.33. The third kappa shape index (κ3) is 5.16. The molecule has 0 radical (unpaired) electrons. The van der Waals surface area contributed by atoms with Crippen LogP contribution in [0.5, 0.6) is 0 Å². The van der Waals surface area contributed by atoms with Crippen molar-refractivity contribution in [2.24, 2.45) is 5.41 Å². The number of aromatic nitrogens is 4. The van der Waals surface area contributed by atoms with Crippen molar-refractivity contribution >= 4 is 11.9 Å². The molecule has 1 fully saturated rings. The van der Waals surface area contributed by atoms with Gasteiger partial charge in [0.25, 0.3) is 0 Å². The number of aromatic amines is 1. The third-order valence-corrected chi connectivity index (χ3v) is 6.72. The Morgan fingerprint density at radius 2 is 1.76 bits per heavy atom. The Bertz CT molecular complexity index is 1110. The van der Waals surface area contributed by atoms with Gasteiger partial charge in [0, 0.05) is 18.7 Å². The molecule has 2 N–H and O–H groups in total. The van der Waals surface area contributed by atoms with Gasteiger partial charge in [-0.05, 0) is 41.2 Å². The number of aliphatic carboxylic acids is 1. The molecule has 0 aliphatic heterocycles. The zero-order chi connectivity index (χ0) is 24.0. The van der Waals surface area contributed by atoms with E-state index in [1.54, 1.807) is 0 Å². The van der Waals surface area contributed by atoms with Gasteiger partial charge in [0.15, 0.2) is 0 Å². The minimum atomic E-state index is -0.893. The van der Waals surface area contributed by atoms with Crippen LogP contribution in [0.4, 0.5) is 0 Å². The molecule has 1 saturated carbocycles. The summed E-state index contributed by atoms with van der Waals surface area (Å²) in [5.74, 6) is -0.362. The highest BCUT2D eigenvalue weighted by Gasteiger charge is 2.45. The first-order valence-electron chi connectivity index (χ1n) is 12.0. The SMILES string of the molecule is CCCCN(Cc1ccc(-c2ccccc2-c2nn[nH]n2)cc1)C(=O)C1(CC(=O)O)CCCC1. The van der Waals surface area contributed by atoms with Crippen molar-refractivity contribution in [2.75, 3.05) is 6.54 Å². The average Bonchev–Trinajstić information content (AvgIpc) is 3.55. The smallest absolute Gasteiger partial charge is 0.304 e. The second-order valence-electron chi connectivity index (χ2n) is 9.12. The summed E-state index contributed by atoms with van der Waals surface area (Å²) in [6.07, 6.45) is 4.93. The van der Waals surface area contributed by atoms with Crippen LogP contribution in [0.15, 0.2) is 48.5 Å². The van der Waals surface area contributed by atoms with Crippen LogP contribution < -0.4 is 0 Å². The predicted molar refractivity (Wildman–Crippen MR) is 129 cm³/mol. The Morgan fingerprint density at radius 3 is 2.38 bits per heavy atom. The summed E-state index contributed by atoms with van der Waals surface area (Å²) in [4.78, 5) is 27.1. The van der Waals surface area contributed by atoms with Crippen LogP contribution in [-0.2, 0) is 16.1 Å². The number of nitrogens with one attached hydrogen (secondary N) is 1. The largest absolute Gasteiger partial charge is 0.481 e. The summed E-state index contributed by atoms with van der Waals surface area (Å²) < 4.78 is 0. The van der Waals surface area contributed by atoms with Gasteiger partial charge in [-0.2, -0.15) is 5.21 Å². The van der Waals surface area contributed by atoms with Gasteiger partial charge in [0.05, 0.1) is 11.8 Å². The number of H-pyrrole nitrogens is 1. The fourth-order valence-corrected chi connectivity index (χ4v) is 4.96. The minimum Gasteiger partial charge on any atom is -0.481 e. The standard InChI is InChI=1S/C26H31N5O3/c1-2-3-16-31(25(34)26(17-23(32)33)14-6-7-15-26)18-19-10-12-20(13-11-19)21-8-4-5-9-22(21)24-27-29-30-28-24/h4-5,8-13H,2-3,6-7,14-18H2,1H3,(H,32,33)(H,27,28,29,30). The number of nitrogens with zero attached hydrogens (tertiary/aromatic N) is 4. The Kier molecular flexibility index (Phi) is 7.35. The van der Waals surface area contributed by atoms with Gasteiger partial charge in [-0.15, -0.1) is 10.2 Å². The molecule has 1 heterocycles. The summed E-state index contributed by atoms with van der Waals surface area (Å²) in [5.41, 5.74) is 3.17. The molecule has 3 aromatic rings. The molecule has 2 aromatic carbocycles. The fourth-order valence-electron chi connectivity index (χ4n) is 4.96. The Labute approximate surface area is 199 Å². The Morgan fingerprint density at radius 1 is 1.06 bits per heavy atom. The van der Waals surface area contributed by atoms with E-state index in [0.29, 0.717) is 31.8 Å². The van der Waals surface area contributed by atoms with Gasteiger partial charge in [0.1, 0.15) is 0 Å². The number of hydrogen-bond donors (Lipinski definition) is 2. The molecule has 1 aliphatic rings. The second-order valence-corrected chi connectivity index (χ2v) is 9.12. The van der Waals surface area contributed by atoms with E-state index in [0.717, 1.165) is 47.9 Å². The number of carbonyl (C=O) groups is 2. The molecular weight excluding hydrogens is 430 g/mol. The third-order valence-electron chi connectivity index (χ3n) is 6.72. The first-order valence-corrected chi connectivity index (χ1v) is 12.0. The summed E-state index contributed by atoms with van der Waals surface area (Å²) >= 11 is 0. The number of benzene rings is 2. The predicted octanol–water partition coefficient (Wildman–Crippen LogP) is 4.70. The number of unbranched alkanes of at least 4 members (excludes halogenated alkanes) is 1. The van der Waals surface area contributed by atoms with Crippen LogP contribution in [0.25, 0.3) is 22.5 Å². The summed E-state index contributed by atoms with van der Waals surface area (Å²) in [7, 11) is 0. The zero-order valence-electron chi connectivity index (χ0n) is 19.5. The van der Waals surface area contributed by atoms with Gasteiger partial charge in [-0.1, -0.05) is 74.7 Å². The molecule has 0 spiro atoms. The van der Waals surface area contributed by atoms with Gasteiger partial charge in [-0.3, -0.25) is 9.59 Å². The molecule has 8 heteroatoms. The Hall–Kier alpha value is -3.55. The molecule has 4 rings (SSSR count). The van der Waals surface area contributed by atoms with E-state index >= 15 is 0 Å². The van der Waals surface area contributed by atoms with E-state index < -0.39 is 11.4 Å². The molecule has 1 aliphatic carbocycles. The molecule has 8 nitrogen and oxygen atoms in total. The number of carboxylic acid groups (broad SMARTS) is 1. The summed E-state index contributed by atoms with van der Waals surface area (Å²) in [6, 6.07) is 16.0. The second kappa shape index (κ2) is 10.6. The van der Waals surface area contributed by atoms with Crippen molar-refractivity contribution in [1.29, 1.82) is 0 Å². The molecule has 1 amide bonds. The zero-order valence-corrected chi connectivity index (χ0v) is 19.5. The van der Waals surface area contributed by atoms with Crippen LogP contribution in [0.3, 0.4) is 0 Å². The fraction of sp³-hybridized carbons (Fsp3) is 0.423. The molecule has 0 saturated heterocycles. The van der Waals surface area contributed by atoms with Crippen LogP contribution in [0.1, 0.15) is 57.4 Å². The van der Waals surface area contributed by atoms with Gasteiger partial charge >= 0.3 is 5.97 Å². The average molecular weight is 462 g/mol. The van der Waals surface area contributed by atoms with Crippen molar-refractivity contribution in [1.82, 2.24) is 25.5 Å². The number of carboxylic acids is 1. The van der Waals surface area contributed by atoms with E-state index in [-0.39, 0.29) is 12.3 Å². The number of rotatable bonds is 10. The highest BCUT2D eigenvalue weighted by molar-refractivity contribution is 5.87. The molecule has 0 bridgehead atoms.